The largest absolute Gasteiger partial charge is 0.441 e. The Morgan fingerprint density at radius 2 is 1.69 bits per heavy atom. The minimum Gasteiger partial charge on any atom is -0.441 e. The van der Waals surface area contributed by atoms with E-state index in [1.54, 1.807) is 18.2 Å². The smallest absolute Gasteiger partial charge is 0.224 e. The molecule has 1 N–H and O–H groups in total. The number of ether oxygens (including phenoxy) is 2. The number of aryl methyl sites for hydroxylation is 1. The number of oxazole rings is 1. The molecule has 5 rings (SSSR count). The van der Waals surface area contributed by atoms with Gasteiger partial charge in [-0.15, -0.1) is 0 Å². The van der Waals surface area contributed by atoms with Crippen molar-refractivity contribution in [1.29, 1.82) is 0 Å². The van der Waals surface area contributed by atoms with Gasteiger partial charge in [0.15, 0.2) is 11.7 Å². The van der Waals surface area contributed by atoms with Gasteiger partial charge in [0.1, 0.15) is 5.82 Å². The Morgan fingerprint density at radius 1 is 0.971 bits per heavy atom. The van der Waals surface area contributed by atoms with E-state index < -0.39 is 0 Å². The number of hydrogen-bond acceptors (Lipinski definition) is 7. The summed E-state index contributed by atoms with van der Waals surface area (Å²) in [6, 6.07) is 12.5. The second kappa shape index (κ2) is 10.9. The number of benzene rings is 2. The Morgan fingerprint density at radius 3 is 2.43 bits per heavy atom. The molecule has 2 fully saturated rings. The van der Waals surface area contributed by atoms with Gasteiger partial charge in [-0.3, -0.25) is 4.79 Å². The molecule has 9 heteroatoms. The minimum absolute atomic E-state index is 0.135. The van der Waals surface area contributed by atoms with Crippen LogP contribution in [0.3, 0.4) is 0 Å². The molecule has 3 aromatic rings. The fourth-order valence-corrected chi connectivity index (χ4v) is 4.35. The predicted molar refractivity (Wildman–Crippen MR) is 131 cm³/mol. The fourth-order valence-electron chi connectivity index (χ4n) is 4.35. The van der Waals surface area contributed by atoms with Gasteiger partial charge in [0, 0.05) is 44.7 Å². The number of anilines is 3. The van der Waals surface area contributed by atoms with E-state index in [-0.39, 0.29) is 18.1 Å². The number of carbonyl (C=O) groups excluding carboxylic acids is 1. The predicted octanol–water partition coefficient (Wildman–Crippen LogP) is 3.73. The van der Waals surface area contributed by atoms with Crippen LogP contribution in [0.15, 0.2) is 53.1 Å². The molecular formula is C26H29FN4O4. The van der Waals surface area contributed by atoms with Crippen molar-refractivity contribution in [2.45, 2.75) is 12.8 Å². The number of halogens is 1. The molecule has 184 valence electrons. The van der Waals surface area contributed by atoms with Crippen molar-refractivity contribution >= 4 is 23.0 Å². The molecule has 1 amide bonds. The van der Waals surface area contributed by atoms with Gasteiger partial charge in [-0.2, -0.15) is 0 Å². The molecule has 2 aliphatic heterocycles. The van der Waals surface area contributed by atoms with Crippen LogP contribution in [0.5, 0.6) is 0 Å². The molecule has 1 aromatic heterocycles. The van der Waals surface area contributed by atoms with Crippen molar-refractivity contribution in [2.24, 2.45) is 0 Å². The first kappa shape index (κ1) is 23.3. The highest BCUT2D eigenvalue weighted by atomic mass is 19.1. The zero-order valence-corrected chi connectivity index (χ0v) is 19.5. The Labute approximate surface area is 203 Å². The van der Waals surface area contributed by atoms with Crippen LogP contribution in [0.2, 0.25) is 0 Å². The van der Waals surface area contributed by atoms with E-state index in [1.807, 2.05) is 12.1 Å². The van der Waals surface area contributed by atoms with Gasteiger partial charge < -0.3 is 29.0 Å². The summed E-state index contributed by atoms with van der Waals surface area (Å²) in [7, 11) is 0. The van der Waals surface area contributed by atoms with Crippen LogP contribution >= 0.6 is 0 Å². The molecule has 3 heterocycles. The van der Waals surface area contributed by atoms with E-state index in [2.05, 4.69) is 26.2 Å². The van der Waals surface area contributed by atoms with Crippen LogP contribution in [0.25, 0.3) is 11.3 Å². The third kappa shape index (κ3) is 5.63. The lowest BCUT2D eigenvalue weighted by molar-refractivity contribution is -0.116. The van der Waals surface area contributed by atoms with Crippen molar-refractivity contribution in [3.8, 4) is 11.3 Å². The Hall–Kier alpha value is -3.43. The van der Waals surface area contributed by atoms with Crippen molar-refractivity contribution in [1.82, 2.24) is 4.98 Å². The van der Waals surface area contributed by atoms with Crippen LogP contribution in [0.1, 0.15) is 12.3 Å². The molecule has 0 bridgehead atoms. The van der Waals surface area contributed by atoms with Crippen molar-refractivity contribution in [3.63, 3.8) is 0 Å². The second-order valence-corrected chi connectivity index (χ2v) is 8.55. The fraction of sp³-hybridized carbons (Fsp3) is 0.385. The topological polar surface area (TPSA) is 80.1 Å². The summed E-state index contributed by atoms with van der Waals surface area (Å²) < 4.78 is 30.7. The number of hydrogen-bond donors (Lipinski definition) is 1. The van der Waals surface area contributed by atoms with Crippen LogP contribution in [0.4, 0.5) is 21.5 Å². The number of aromatic nitrogens is 1. The number of morpholine rings is 2. The molecule has 0 unspecified atom stereocenters. The maximum absolute atomic E-state index is 14.0. The van der Waals surface area contributed by atoms with Gasteiger partial charge in [-0.05, 0) is 30.3 Å². The lowest BCUT2D eigenvalue weighted by Crippen LogP contribution is -2.38. The van der Waals surface area contributed by atoms with Gasteiger partial charge in [-0.1, -0.05) is 12.1 Å². The normalized spacial score (nSPS) is 16.4. The van der Waals surface area contributed by atoms with Gasteiger partial charge in [0.05, 0.1) is 49.6 Å². The first-order chi connectivity index (χ1) is 17.2. The van der Waals surface area contributed by atoms with Crippen LogP contribution < -0.4 is 15.1 Å². The molecule has 2 saturated heterocycles. The summed E-state index contributed by atoms with van der Waals surface area (Å²) >= 11 is 0. The van der Waals surface area contributed by atoms with Gasteiger partial charge in [-0.25, -0.2) is 9.37 Å². The summed E-state index contributed by atoms with van der Waals surface area (Å²) in [5.41, 5.74) is 3.23. The molecule has 35 heavy (non-hydrogen) atoms. The van der Waals surface area contributed by atoms with E-state index >= 15 is 0 Å². The molecule has 2 aliphatic rings. The number of nitrogens with one attached hydrogen (secondary N) is 1. The average molecular weight is 481 g/mol. The molecule has 0 aliphatic carbocycles. The number of carbonyl (C=O) groups is 1. The zero-order valence-electron chi connectivity index (χ0n) is 19.5. The quantitative estimate of drug-likeness (QED) is 0.552. The van der Waals surface area contributed by atoms with Gasteiger partial charge in [0.2, 0.25) is 5.91 Å². The highest BCUT2D eigenvalue weighted by Gasteiger charge is 2.20. The van der Waals surface area contributed by atoms with E-state index in [0.717, 1.165) is 43.2 Å². The number of rotatable bonds is 7. The van der Waals surface area contributed by atoms with Crippen LogP contribution in [-0.2, 0) is 20.7 Å². The number of amides is 1. The lowest BCUT2D eigenvalue weighted by Gasteiger charge is -2.33. The summed E-state index contributed by atoms with van der Waals surface area (Å²) in [6.45, 7) is 5.97. The first-order valence-electron chi connectivity index (χ1n) is 12.0. The van der Waals surface area contributed by atoms with Crippen molar-refractivity contribution < 1.29 is 23.1 Å². The minimum atomic E-state index is -0.371. The second-order valence-electron chi connectivity index (χ2n) is 8.55. The third-order valence-electron chi connectivity index (χ3n) is 6.24. The van der Waals surface area contributed by atoms with Crippen molar-refractivity contribution in [2.75, 3.05) is 67.7 Å². The maximum Gasteiger partial charge on any atom is 0.224 e. The van der Waals surface area contributed by atoms with E-state index in [1.165, 1.54) is 12.3 Å². The summed E-state index contributed by atoms with van der Waals surface area (Å²) in [6.07, 6.45) is 2.01. The highest BCUT2D eigenvalue weighted by molar-refractivity contribution is 5.95. The highest BCUT2D eigenvalue weighted by Crippen LogP contribution is 2.32. The molecule has 0 atom stereocenters. The van der Waals surface area contributed by atoms with Gasteiger partial charge >= 0.3 is 0 Å². The molecule has 0 spiro atoms. The molecular weight excluding hydrogens is 451 g/mol. The first-order valence-corrected chi connectivity index (χ1v) is 12.0. The Kier molecular flexibility index (Phi) is 7.25. The van der Waals surface area contributed by atoms with Crippen molar-refractivity contribution in [3.05, 3.63) is 60.4 Å². The average Bonchev–Trinajstić information content (AvgIpc) is 3.38. The Bertz CT molecular complexity index is 1160. The molecule has 8 nitrogen and oxygen atoms in total. The monoisotopic (exact) mass is 480 g/mol. The zero-order chi connectivity index (χ0) is 24.0. The summed E-state index contributed by atoms with van der Waals surface area (Å²) in [5, 5.41) is 3.06. The third-order valence-corrected chi connectivity index (χ3v) is 6.24. The standard InChI is InChI=1S/C26H29FN4O4/c27-21-4-2-1-3-20(21)24-18-28-26(35-24)8-7-25(32)29-22-6-5-19(30-9-13-33-14-10-30)17-23(22)31-11-15-34-16-12-31/h1-6,17-18H,7-16H2,(H,29,32). The summed E-state index contributed by atoms with van der Waals surface area (Å²) in [4.78, 5) is 21.6. The van der Waals surface area contributed by atoms with Crippen LogP contribution in [-0.4, -0.2) is 63.5 Å². The maximum atomic E-state index is 14.0. The Balaban J connectivity index is 1.26. The SMILES string of the molecule is O=C(CCc1ncc(-c2ccccc2F)o1)Nc1ccc(N2CCOCC2)cc1N1CCOCC1. The van der Waals surface area contributed by atoms with E-state index in [9.17, 15) is 9.18 Å². The molecule has 0 radical (unpaired) electrons. The lowest BCUT2D eigenvalue weighted by atomic mass is 10.1. The van der Waals surface area contributed by atoms with Crippen LogP contribution in [0, 0.1) is 5.82 Å². The summed E-state index contributed by atoms with van der Waals surface area (Å²) in [5.74, 6) is 0.245. The molecule has 0 saturated carbocycles. The van der Waals surface area contributed by atoms with Gasteiger partial charge in [0.25, 0.3) is 0 Å². The number of nitrogens with zero attached hydrogens (tertiary/aromatic N) is 3. The van der Waals surface area contributed by atoms with E-state index in [0.29, 0.717) is 50.1 Å². The van der Waals surface area contributed by atoms with E-state index in [4.69, 9.17) is 13.9 Å². The molecule has 2 aromatic carbocycles.